The van der Waals surface area contributed by atoms with Crippen molar-refractivity contribution in [2.24, 2.45) is 0 Å². The highest BCUT2D eigenvalue weighted by Crippen LogP contribution is 1.96. The highest BCUT2D eigenvalue weighted by atomic mass is 16.3. The van der Waals surface area contributed by atoms with Gasteiger partial charge in [-0.25, -0.2) is 0 Å². The van der Waals surface area contributed by atoms with Gasteiger partial charge in [0, 0.05) is 0 Å². The zero-order valence-corrected chi connectivity index (χ0v) is 5.81. The van der Waals surface area contributed by atoms with Crippen LogP contribution in [-0.2, 0) is 0 Å². The molecule has 0 amide bonds. The van der Waals surface area contributed by atoms with Gasteiger partial charge in [0.15, 0.2) is 0 Å². The molecule has 0 aliphatic carbocycles. The van der Waals surface area contributed by atoms with Crippen molar-refractivity contribution in [1.29, 1.82) is 0 Å². The first-order valence-electron chi connectivity index (χ1n) is 3.00. The molecule has 1 atom stereocenters. The first-order valence-corrected chi connectivity index (χ1v) is 3.00. The van der Waals surface area contributed by atoms with Gasteiger partial charge in [0.25, 0.3) is 0 Å². The summed E-state index contributed by atoms with van der Waals surface area (Å²) >= 11 is 0. The molecule has 0 aromatic rings. The molecule has 1 N–H and O–H groups in total. The average molecular weight is 114 g/mol. The van der Waals surface area contributed by atoms with Gasteiger partial charge in [0.05, 0.1) is 6.10 Å². The summed E-state index contributed by atoms with van der Waals surface area (Å²) in [5.74, 6) is 0. The number of hydrogen-bond donors (Lipinski definition) is 1. The Kier molecular flexibility index (Phi) is 3.53. The van der Waals surface area contributed by atoms with Crippen LogP contribution in [0.5, 0.6) is 0 Å². The van der Waals surface area contributed by atoms with Crippen LogP contribution in [0.2, 0.25) is 0 Å². The first kappa shape index (κ1) is 7.70. The molecule has 48 valence electrons. The van der Waals surface area contributed by atoms with E-state index in [2.05, 4.69) is 0 Å². The average Bonchev–Trinajstić information content (AvgIpc) is 1.65. The van der Waals surface area contributed by atoms with E-state index in [0.29, 0.717) is 0 Å². The summed E-state index contributed by atoms with van der Waals surface area (Å²) in [4.78, 5) is 0. The van der Waals surface area contributed by atoms with Gasteiger partial charge >= 0.3 is 0 Å². The van der Waals surface area contributed by atoms with Crippen LogP contribution in [-0.4, -0.2) is 11.2 Å². The SMILES string of the molecule is CC[C@@H](O)C=C(C)C. The molecule has 0 saturated heterocycles. The van der Waals surface area contributed by atoms with Crippen LogP contribution in [0.15, 0.2) is 11.6 Å². The van der Waals surface area contributed by atoms with Crippen LogP contribution < -0.4 is 0 Å². The van der Waals surface area contributed by atoms with E-state index in [9.17, 15) is 0 Å². The quantitative estimate of drug-likeness (QED) is 0.542. The number of aliphatic hydroxyl groups excluding tert-OH is 1. The van der Waals surface area contributed by atoms with E-state index < -0.39 is 0 Å². The molecule has 0 spiro atoms. The van der Waals surface area contributed by atoms with Crippen LogP contribution in [0.4, 0.5) is 0 Å². The fourth-order valence-corrected chi connectivity index (χ4v) is 0.503. The molecular formula is C7H14O. The maximum atomic E-state index is 8.95. The van der Waals surface area contributed by atoms with Crippen molar-refractivity contribution in [2.45, 2.75) is 33.3 Å². The second kappa shape index (κ2) is 3.67. The Hall–Kier alpha value is -0.300. The Bertz CT molecular complexity index is 80.4. The van der Waals surface area contributed by atoms with Crippen molar-refractivity contribution in [2.75, 3.05) is 0 Å². The third-order valence-corrected chi connectivity index (χ3v) is 0.944. The molecule has 0 aliphatic heterocycles. The van der Waals surface area contributed by atoms with Crippen molar-refractivity contribution >= 4 is 0 Å². The second-order valence-electron chi connectivity index (χ2n) is 2.22. The fraction of sp³-hybridized carbons (Fsp3) is 0.714. The van der Waals surface area contributed by atoms with Crippen molar-refractivity contribution in [1.82, 2.24) is 0 Å². The summed E-state index contributed by atoms with van der Waals surface area (Å²) in [5.41, 5.74) is 1.18. The van der Waals surface area contributed by atoms with Gasteiger partial charge < -0.3 is 5.11 Å². The van der Waals surface area contributed by atoms with Gasteiger partial charge in [-0.2, -0.15) is 0 Å². The molecule has 8 heavy (non-hydrogen) atoms. The van der Waals surface area contributed by atoms with Gasteiger partial charge in [0.2, 0.25) is 0 Å². The molecule has 0 bridgehead atoms. The minimum absolute atomic E-state index is 0.236. The predicted molar refractivity (Wildman–Crippen MR) is 35.7 cm³/mol. The van der Waals surface area contributed by atoms with Gasteiger partial charge in [-0.05, 0) is 20.3 Å². The molecular weight excluding hydrogens is 100 g/mol. The van der Waals surface area contributed by atoms with E-state index in [1.807, 2.05) is 26.8 Å². The Morgan fingerprint density at radius 1 is 1.62 bits per heavy atom. The van der Waals surface area contributed by atoms with Crippen molar-refractivity contribution in [3.63, 3.8) is 0 Å². The van der Waals surface area contributed by atoms with Crippen LogP contribution in [0.3, 0.4) is 0 Å². The molecule has 0 heterocycles. The standard InChI is InChI=1S/C7H14O/c1-4-7(8)5-6(2)3/h5,7-8H,4H2,1-3H3/t7-/m1/s1. The van der Waals surface area contributed by atoms with E-state index in [1.54, 1.807) is 0 Å². The Balaban J connectivity index is 3.51. The number of hydrogen-bond acceptors (Lipinski definition) is 1. The smallest absolute Gasteiger partial charge is 0.0720 e. The maximum Gasteiger partial charge on any atom is 0.0720 e. The van der Waals surface area contributed by atoms with Crippen LogP contribution in [0, 0.1) is 0 Å². The third-order valence-electron chi connectivity index (χ3n) is 0.944. The van der Waals surface area contributed by atoms with Gasteiger partial charge in [-0.3, -0.25) is 0 Å². The lowest BCUT2D eigenvalue weighted by Crippen LogP contribution is -1.98. The lowest BCUT2D eigenvalue weighted by atomic mass is 10.2. The van der Waals surface area contributed by atoms with E-state index in [-0.39, 0.29) is 6.10 Å². The zero-order chi connectivity index (χ0) is 6.57. The summed E-state index contributed by atoms with van der Waals surface area (Å²) in [6.07, 6.45) is 2.44. The molecule has 1 nitrogen and oxygen atoms in total. The molecule has 0 aromatic carbocycles. The Labute approximate surface area is 51.0 Å². The van der Waals surface area contributed by atoms with Crippen LogP contribution in [0.1, 0.15) is 27.2 Å². The molecule has 0 radical (unpaired) electrons. The minimum Gasteiger partial charge on any atom is -0.389 e. The molecule has 0 unspecified atom stereocenters. The Morgan fingerprint density at radius 2 is 2.12 bits per heavy atom. The van der Waals surface area contributed by atoms with Crippen molar-refractivity contribution < 1.29 is 5.11 Å². The normalized spacial score (nSPS) is 13.0. The molecule has 0 rings (SSSR count). The highest BCUT2D eigenvalue weighted by Gasteiger charge is 1.91. The molecule has 0 aromatic heterocycles. The van der Waals surface area contributed by atoms with Crippen LogP contribution >= 0.6 is 0 Å². The lowest BCUT2D eigenvalue weighted by Gasteiger charge is -1.98. The maximum absolute atomic E-state index is 8.95. The summed E-state index contributed by atoms with van der Waals surface area (Å²) in [6, 6.07) is 0. The minimum atomic E-state index is -0.236. The lowest BCUT2D eigenvalue weighted by molar-refractivity contribution is 0.218. The zero-order valence-electron chi connectivity index (χ0n) is 5.81. The number of aliphatic hydroxyl groups is 1. The first-order chi connectivity index (χ1) is 3.66. The monoisotopic (exact) mass is 114 g/mol. The van der Waals surface area contributed by atoms with Crippen molar-refractivity contribution in [3.05, 3.63) is 11.6 Å². The largest absolute Gasteiger partial charge is 0.389 e. The predicted octanol–water partition coefficient (Wildman–Crippen LogP) is 1.72. The van der Waals surface area contributed by atoms with E-state index >= 15 is 0 Å². The third kappa shape index (κ3) is 3.88. The summed E-state index contributed by atoms with van der Waals surface area (Å²) < 4.78 is 0. The fourth-order valence-electron chi connectivity index (χ4n) is 0.503. The topological polar surface area (TPSA) is 20.2 Å². The molecule has 1 heteroatoms. The highest BCUT2D eigenvalue weighted by molar-refractivity contribution is 4.97. The molecule has 0 saturated carbocycles. The number of rotatable bonds is 2. The van der Waals surface area contributed by atoms with E-state index in [0.717, 1.165) is 6.42 Å². The summed E-state index contributed by atoms with van der Waals surface area (Å²) in [7, 11) is 0. The van der Waals surface area contributed by atoms with Gasteiger partial charge in [-0.15, -0.1) is 0 Å². The number of allylic oxidation sites excluding steroid dienone is 1. The summed E-state index contributed by atoms with van der Waals surface area (Å²) in [5, 5.41) is 8.95. The van der Waals surface area contributed by atoms with Crippen LogP contribution in [0.25, 0.3) is 0 Å². The van der Waals surface area contributed by atoms with Gasteiger partial charge in [-0.1, -0.05) is 18.6 Å². The summed E-state index contributed by atoms with van der Waals surface area (Å²) in [6.45, 7) is 5.93. The van der Waals surface area contributed by atoms with Gasteiger partial charge in [0.1, 0.15) is 0 Å². The van der Waals surface area contributed by atoms with Crippen molar-refractivity contribution in [3.8, 4) is 0 Å². The second-order valence-corrected chi connectivity index (χ2v) is 2.22. The Morgan fingerprint density at radius 3 is 2.25 bits per heavy atom. The van der Waals surface area contributed by atoms with E-state index in [1.165, 1.54) is 5.57 Å². The molecule has 0 aliphatic rings. The molecule has 0 fully saturated rings. The van der Waals surface area contributed by atoms with E-state index in [4.69, 9.17) is 5.11 Å².